The minimum atomic E-state index is -4.45. The lowest BCUT2D eigenvalue weighted by atomic mass is 10.1. The molecular weight excluding hydrogens is 629 g/mol. The highest BCUT2D eigenvalue weighted by atomic mass is 35.5. The number of nitrogens with one attached hydrogen (secondary N) is 1. The number of hydrogen-bond donors (Lipinski definition) is 1. The van der Waals surface area contributed by atoms with Gasteiger partial charge in [-0.3, -0.25) is 13.9 Å². The molecule has 3 aromatic rings. The van der Waals surface area contributed by atoms with E-state index in [1.165, 1.54) is 56.6 Å². The van der Waals surface area contributed by atoms with Crippen molar-refractivity contribution in [2.24, 2.45) is 0 Å². The van der Waals surface area contributed by atoms with Crippen molar-refractivity contribution >= 4 is 50.7 Å². The molecule has 0 bridgehead atoms. The fourth-order valence-corrected chi connectivity index (χ4v) is 6.29. The number of ether oxygens (including phenoxy) is 3. The first-order chi connectivity index (χ1) is 20.9. The maximum atomic E-state index is 14.3. The lowest BCUT2D eigenvalue weighted by molar-refractivity contribution is -0.140. The second-order valence-electron chi connectivity index (χ2n) is 10.1. The maximum absolute atomic E-state index is 14.3. The Labute approximate surface area is 268 Å². The molecule has 0 saturated carbocycles. The summed E-state index contributed by atoms with van der Waals surface area (Å²) >= 11 is 12.4. The van der Waals surface area contributed by atoms with Gasteiger partial charge < -0.3 is 24.4 Å². The number of carbonyl (C=O) groups is 2. The third-order valence-corrected chi connectivity index (χ3v) is 8.96. The molecule has 10 nitrogen and oxygen atoms in total. The lowest BCUT2D eigenvalue weighted by Crippen LogP contribution is -2.53. The van der Waals surface area contributed by atoms with Crippen molar-refractivity contribution in [2.75, 3.05) is 32.2 Å². The van der Waals surface area contributed by atoms with E-state index >= 15 is 0 Å². The van der Waals surface area contributed by atoms with Crippen LogP contribution in [0.25, 0.3) is 0 Å². The third kappa shape index (κ3) is 8.28. The van der Waals surface area contributed by atoms with Crippen LogP contribution in [0.5, 0.6) is 17.2 Å². The molecule has 0 aliphatic carbocycles. The molecule has 3 rings (SSSR count). The molecular formula is C31H37Cl2N3O7S. The summed E-state index contributed by atoms with van der Waals surface area (Å²) in [6.45, 7) is 4.77. The van der Waals surface area contributed by atoms with Gasteiger partial charge in [-0.15, -0.1) is 0 Å². The van der Waals surface area contributed by atoms with Gasteiger partial charge >= 0.3 is 0 Å². The molecule has 0 unspecified atom stereocenters. The summed E-state index contributed by atoms with van der Waals surface area (Å²) in [6, 6.07) is 14.3. The fraction of sp³-hybridized carbons (Fsp3) is 0.355. The van der Waals surface area contributed by atoms with E-state index in [0.717, 1.165) is 4.31 Å². The molecule has 0 radical (unpaired) electrons. The topological polar surface area (TPSA) is 114 Å². The second-order valence-corrected chi connectivity index (χ2v) is 12.8. The molecule has 0 saturated heterocycles. The Morgan fingerprint density at radius 2 is 1.43 bits per heavy atom. The van der Waals surface area contributed by atoms with Crippen LogP contribution in [0.2, 0.25) is 10.0 Å². The van der Waals surface area contributed by atoms with Crippen LogP contribution in [-0.4, -0.2) is 65.1 Å². The van der Waals surface area contributed by atoms with Crippen LogP contribution in [-0.2, 0) is 26.2 Å². The van der Waals surface area contributed by atoms with Crippen molar-refractivity contribution in [1.29, 1.82) is 0 Å². The first-order valence-corrected chi connectivity index (χ1v) is 16.0. The quantitative estimate of drug-likeness (QED) is 0.240. The molecule has 3 aromatic carbocycles. The number of anilines is 1. The zero-order valence-corrected chi connectivity index (χ0v) is 27.8. The average Bonchev–Trinajstić information content (AvgIpc) is 2.99. The Hall–Kier alpha value is -3.67. The summed E-state index contributed by atoms with van der Waals surface area (Å²) in [5, 5.41) is 3.60. The molecule has 0 aromatic heterocycles. The van der Waals surface area contributed by atoms with E-state index in [-0.39, 0.29) is 52.0 Å². The number of methoxy groups -OCH3 is 3. The Morgan fingerprint density at radius 3 is 2.00 bits per heavy atom. The fourth-order valence-electron chi connectivity index (χ4n) is 4.56. The number of carbonyl (C=O) groups excluding carboxylic acids is 2. The largest absolute Gasteiger partial charge is 0.495 e. The zero-order chi connectivity index (χ0) is 32.6. The Morgan fingerprint density at radius 1 is 0.841 bits per heavy atom. The summed E-state index contributed by atoms with van der Waals surface area (Å²) in [7, 11) is -0.246. The Balaban J connectivity index is 2.17. The van der Waals surface area contributed by atoms with Gasteiger partial charge in [0.25, 0.3) is 10.0 Å². The predicted molar refractivity (Wildman–Crippen MR) is 171 cm³/mol. The van der Waals surface area contributed by atoms with Gasteiger partial charge in [-0.25, -0.2) is 8.42 Å². The molecule has 0 aliphatic rings. The smallest absolute Gasteiger partial charge is 0.265 e. The maximum Gasteiger partial charge on any atom is 0.265 e. The number of benzene rings is 3. The minimum Gasteiger partial charge on any atom is -0.495 e. The van der Waals surface area contributed by atoms with Crippen LogP contribution < -0.4 is 23.8 Å². The molecule has 0 spiro atoms. The SMILES string of the molecule is CC[C@@H](C(=O)NC(C)C)N(Cc1ccc(Cl)cc1)C(=O)CN(c1cc(Cl)ccc1OC)S(=O)(=O)c1ccc(OC)c(OC)c1. The van der Waals surface area contributed by atoms with E-state index in [1.54, 1.807) is 37.3 Å². The minimum absolute atomic E-state index is 0.0248. The van der Waals surface area contributed by atoms with Gasteiger partial charge in [-0.2, -0.15) is 0 Å². The van der Waals surface area contributed by atoms with Gasteiger partial charge in [0.15, 0.2) is 11.5 Å². The highest BCUT2D eigenvalue weighted by Crippen LogP contribution is 2.37. The summed E-state index contributed by atoms with van der Waals surface area (Å²) in [5.74, 6) is -0.319. The first-order valence-electron chi connectivity index (χ1n) is 13.8. The van der Waals surface area contributed by atoms with Gasteiger partial charge in [0.2, 0.25) is 11.8 Å². The molecule has 13 heteroatoms. The third-order valence-electron chi connectivity index (χ3n) is 6.71. The highest BCUT2D eigenvalue weighted by molar-refractivity contribution is 7.92. The van der Waals surface area contributed by atoms with E-state index in [0.29, 0.717) is 16.3 Å². The number of amides is 2. The molecule has 44 heavy (non-hydrogen) atoms. The Bertz CT molecular complexity index is 1570. The lowest BCUT2D eigenvalue weighted by Gasteiger charge is -2.34. The molecule has 238 valence electrons. The molecule has 0 heterocycles. The van der Waals surface area contributed by atoms with Crippen molar-refractivity contribution in [2.45, 2.75) is 50.7 Å². The van der Waals surface area contributed by atoms with Crippen LogP contribution in [0.4, 0.5) is 5.69 Å². The van der Waals surface area contributed by atoms with E-state index in [9.17, 15) is 18.0 Å². The van der Waals surface area contributed by atoms with Crippen molar-refractivity contribution in [3.05, 3.63) is 76.3 Å². The van der Waals surface area contributed by atoms with Gasteiger partial charge in [0, 0.05) is 28.7 Å². The summed E-state index contributed by atoms with van der Waals surface area (Å²) in [6.07, 6.45) is 0.279. The summed E-state index contributed by atoms with van der Waals surface area (Å²) < 4.78 is 45.6. The first kappa shape index (κ1) is 34.8. The molecule has 1 atom stereocenters. The summed E-state index contributed by atoms with van der Waals surface area (Å²) in [4.78, 5) is 28.8. The molecule has 0 fully saturated rings. The van der Waals surface area contributed by atoms with Crippen LogP contribution in [0.15, 0.2) is 65.6 Å². The average molecular weight is 667 g/mol. The van der Waals surface area contributed by atoms with Crippen LogP contribution in [0, 0.1) is 0 Å². The van der Waals surface area contributed by atoms with Crippen LogP contribution in [0.3, 0.4) is 0 Å². The zero-order valence-electron chi connectivity index (χ0n) is 25.5. The van der Waals surface area contributed by atoms with E-state index in [2.05, 4.69) is 5.32 Å². The van der Waals surface area contributed by atoms with Crippen molar-refractivity contribution in [1.82, 2.24) is 10.2 Å². The normalized spacial score (nSPS) is 11.9. The van der Waals surface area contributed by atoms with Gasteiger partial charge in [0.05, 0.1) is 31.9 Å². The number of hydrogen-bond acceptors (Lipinski definition) is 7. The molecule has 2 amide bonds. The van der Waals surface area contributed by atoms with Gasteiger partial charge in [-0.05, 0) is 68.3 Å². The highest BCUT2D eigenvalue weighted by Gasteiger charge is 2.35. The molecule has 1 N–H and O–H groups in total. The standard InChI is InChI=1S/C31H37Cl2N3O7S/c1-7-25(31(38)34-20(2)3)35(18-21-8-10-22(32)11-9-21)30(37)19-36(26-16-23(33)12-14-27(26)41-4)44(39,40)24-13-15-28(42-5)29(17-24)43-6/h8-17,20,25H,7,18-19H2,1-6H3,(H,34,38)/t25-/m0/s1. The Kier molecular flexibility index (Phi) is 12.2. The van der Waals surface area contributed by atoms with E-state index in [4.69, 9.17) is 37.4 Å². The van der Waals surface area contributed by atoms with E-state index < -0.39 is 28.5 Å². The van der Waals surface area contributed by atoms with Crippen LogP contribution in [0.1, 0.15) is 32.8 Å². The monoisotopic (exact) mass is 665 g/mol. The number of rotatable bonds is 14. The van der Waals surface area contributed by atoms with Gasteiger partial charge in [0.1, 0.15) is 18.3 Å². The molecule has 0 aliphatic heterocycles. The predicted octanol–water partition coefficient (Wildman–Crippen LogP) is 5.55. The van der Waals surface area contributed by atoms with Crippen LogP contribution >= 0.6 is 23.2 Å². The number of sulfonamides is 1. The number of nitrogens with zero attached hydrogens (tertiary/aromatic N) is 2. The van der Waals surface area contributed by atoms with Crippen molar-refractivity contribution in [3.63, 3.8) is 0 Å². The number of halogens is 2. The summed E-state index contributed by atoms with van der Waals surface area (Å²) in [5.41, 5.74) is 0.738. The van der Waals surface area contributed by atoms with Crippen molar-refractivity contribution < 1.29 is 32.2 Å². The van der Waals surface area contributed by atoms with Gasteiger partial charge in [-0.1, -0.05) is 42.3 Å². The van der Waals surface area contributed by atoms with E-state index in [1.807, 2.05) is 13.8 Å². The second kappa shape index (κ2) is 15.4. The van der Waals surface area contributed by atoms with Crippen molar-refractivity contribution in [3.8, 4) is 17.2 Å².